The normalized spacial score (nSPS) is 11.3. The molecule has 0 aromatic heterocycles. The Morgan fingerprint density at radius 1 is 1.25 bits per heavy atom. The fourth-order valence-corrected chi connectivity index (χ4v) is 1.60. The van der Waals surface area contributed by atoms with Gasteiger partial charge in [0.05, 0.1) is 0 Å². The molecule has 0 fully saturated rings. The molecule has 3 nitrogen and oxygen atoms in total. The summed E-state index contributed by atoms with van der Waals surface area (Å²) >= 11 is 0. The Balaban J connectivity index is 3.23. The number of carbonyl (C=O) groups is 1. The van der Waals surface area contributed by atoms with E-state index in [1.807, 2.05) is 6.07 Å². The summed E-state index contributed by atoms with van der Waals surface area (Å²) in [4.78, 5) is 13.4. The average molecular weight is 220 g/mol. The second-order valence-corrected chi connectivity index (χ2v) is 5.25. The number of nitrogens with two attached hydrogens (primary N) is 1. The second kappa shape index (κ2) is 4.16. The second-order valence-electron chi connectivity index (χ2n) is 5.25. The average Bonchev–Trinajstić information content (AvgIpc) is 2.15. The van der Waals surface area contributed by atoms with Crippen molar-refractivity contribution in [1.82, 2.24) is 4.90 Å². The van der Waals surface area contributed by atoms with Crippen LogP contribution in [0.25, 0.3) is 0 Å². The highest BCUT2D eigenvalue weighted by atomic mass is 16.2. The number of amides is 1. The SMILES string of the molecule is CN(C)C(=O)c1ccc(N)c(C(C)(C)C)c1. The van der Waals surface area contributed by atoms with Gasteiger partial charge in [0, 0.05) is 25.3 Å². The van der Waals surface area contributed by atoms with Crippen LogP contribution in [0.1, 0.15) is 36.7 Å². The fraction of sp³-hybridized carbons (Fsp3) is 0.462. The molecule has 1 aromatic rings. The number of nitrogen functional groups attached to an aromatic ring is 1. The lowest BCUT2D eigenvalue weighted by Gasteiger charge is -2.22. The smallest absolute Gasteiger partial charge is 0.253 e. The van der Waals surface area contributed by atoms with Crippen LogP contribution in [-0.2, 0) is 5.41 Å². The Kier molecular flexibility index (Phi) is 3.27. The van der Waals surface area contributed by atoms with Gasteiger partial charge in [-0.15, -0.1) is 0 Å². The van der Waals surface area contributed by atoms with Crippen molar-refractivity contribution >= 4 is 11.6 Å². The van der Waals surface area contributed by atoms with Crippen molar-refractivity contribution in [3.8, 4) is 0 Å². The predicted molar refractivity (Wildman–Crippen MR) is 67.6 cm³/mol. The van der Waals surface area contributed by atoms with Gasteiger partial charge in [0.2, 0.25) is 0 Å². The molecule has 0 saturated carbocycles. The molecule has 0 bridgehead atoms. The minimum atomic E-state index is -0.0489. The summed E-state index contributed by atoms with van der Waals surface area (Å²) < 4.78 is 0. The lowest BCUT2D eigenvalue weighted by molar-refractivity contribution is 0.0827. The topological polar surface area (TPSA) is 46.3 Å². The van der Waals surface area contributed by atoms with Crippen LogP contribution >= 0.6 is 0 Å². The Bertz CT molecular complexity index is 403. The molecular formula is C13H20N2O. The van der Waals surface area contributed by atoms with Crippen LogP contribution in [0.2, 0.25) is 0 Å². The van der Waals surface area contributed by atoms with Crippen molar-refractivity contribution in [2.45, 2.75) is 26.2 Å². The number of nitrogens with zero attached hydrogens (tertiary/aromatic N) is 1. The minimum absolute atomic E-state index is 0.00509. The molecule has 0 aliphatic heterocycles. The van der Waals surface area contributed by atoms with Gasteiger partial charge in [-0.3, -0.25) is 4.79 Å². The van der Waals surface area contributed by atoms with Gasteiger partial charge in [0.1, 0.15) is 0 Å². The van der Waals surface area contributed by atoms with E-state index in [1.54, 1.807) is 31.1 Å². The first-order valence-electron chi connectivity index (χ1n) is 5.35. The first-order valence-corrected chi connectivity index (χ1v) is 5.35. The summed E-state index contributed by atoms with van der Waals surface area (Å²) in [7, 11) is 3.49. The predicted octanol–water partition coefficient (Wildman–Crippen LogP) is 2.27. The van der Waals surface area contributed by atoms with Crippen LogP contribution < -0.4 is 5.73 Å². The third kappa shape index (κ3) is 2.54. The number of carbonyl (C=O) groups excluding carboxylic acids is 1. The van der Waals surface area contributed by atoms with Gasteiger partial charge in [-0.25, -0.2) is 0 Å². The van der Waals surface area contributed by atoms with E-state index < -0.39 is 0 Å². The Hall–Kier alpha value is -1.51. The van der Waals surface area contributed by atoms with E-state index in [-0.39, 0.29) is 11.3 Å². The molecule has 0 saturated heterocycles. The maximum Gasteiger partial charge on any atom is 0.253 e. The summed E-state index contributed by atoms with van der Waals surface area (Å²) in [5.74, 6) is 0.00509. The molecule has 1 amide bonds. The van der Waals surface area contributed by atoms with Crippen molar-refractivity contribution in [2.75, 3.05) is 19.8 Å². The molecule has 0 aliphatic carbocycles. The van der Waals surface area contributed by atoms with E-state index >= 15 is 0 Å². The first kappa shape index (κ1) is 12.6. The van der Waals surface area contributed by atoms with Crippen molar-refractivity contribution in [2.24, 2.45) is 0 Å². The van der Waals surface area contributed by atoms with Crippen LogP contribution in [0.15, 0.2) is 18.2 Å². The molecule has 88 valence electrons. The lowest BCUT2D eigenvalue weighted by Crippen LogP contribution is -2.23. The highest BCUT2D eigenvalue weighted by Crippen LogP contribution is 2.28. The van der Waals surface area contributed by atoms with Gasteiger partial charge in [-0.2, -0.15) is 0 Å². The van der Waals surface area contributed by atoms with Crippen molar-refractivity contribution in [3.05, 3.63) is 29.3 Å². The summed E-state index contributed by atoms with van der Waals surface area (Å²) in [6.45, 7) is 6.26. The number of rotatable bonds is 1. The third-order valence-corrected chi connectivity index (χ3v) is 2.51. The molecule has 2 N–H and O–H groups in total. The quantitative estimate of drug-likeness (QED) is 0.738. The van der Waals surface area contributed by atoms with Crippen molar-refractivity contribution < 1.29 is 4.79 Å². The molecule has 0 unspecified atom stereocenters. The molecule has 1 aromatic carbocycles. The molecule has 16 heavy (non-hydrogen) atoms. The summed E-state index contributed by atoms with van der Waals surface area (Å²) in [6.07, 6.45) is 0. The molecule has 0 spiro atoms. The van der Waals surface area contributed by atoms with E-state index in [0.29, 0.717) is 5.56 Å². The summed E-state index contributed by atoms with van der Waals surface area (Å²) in [5.41, 5.74) is 8.32. The zero-order valence-electron chi connectivity index (χ0n) is 10.7. The molecule has 3 heteroatoms. The van der Waals surface area contributed by atoms with Crippen LogP contribution in [-0.4, -0.2) is 24.9 Å². The van der Waals surface area contributed by atoms with E-state index in [9.17, 15) is 4.79 Å². The van der Waals surface area contributed by atoms with E-state index in [1.165, 1.54) is 0 Å². The number of benzene rings is 1. The first-order chi connectivity index (χ1) is 7.23. The van der Waals surface area contributed by atoms with E-state index in [2.05, 4.69) is 20.8 Å². The molecule has 1 rings (SSSR count). The van der Waals surface area contributed by atoms with Gasteiger partial charge in [-0.05, 0) is 29.2 Å². The highest BCUT2D eigenvalue weighted by Gasteiger charge is 2.19. The fourth-order valence-electron chi connectivity index (χ4n) is 1.60. The van der Waals surface area contributed by atoms with Gasteiger partial charge >= 0.3 is 0 Å². The molecule has 0 aliphatic rings. The molecule has 0 atom stereocenters. The maximum atomic E-state index is 11.8. The van der Waals surface area contributed by atoms with E-state index in [4.69, 9.17) is 5.73 Å². The van der Waals surface area contributed by atoms with Crippen LogP contribution in [0.4, 0.5) is 5.69 Å². The van der Waals surface area contributed by atoms with Gasteiger partial charge < -0.3 is 10.6 Å². The number of anilines is 1. The van der Waals surface area contributed by atoms with Crippen LogP contribution in [0.5, 0.6) is 0 Å². The third-order valence-electron chi connectivity index (χ3n) is 2.51. The molecular weight excluding hydrogens is 200 g/mol. The Morgan fingerprint density at radius 3 is 2.25 bits per heavy atom. The van der Waals surface area contributed by atoms with Gasteiger partial charge in [0.25, 0.3) is 5.91 Å². The minimum Gasteiger partial charge on any atom is -0.398 e. The Labute approximate surface area is 97.2 Å². The van der Waals surface area contributed by atoms with Gasteiger partial charge in [-0.1, -0.05) is 20.8 Å². The standard InChI is InChI=1S/C13H20N2O/c1-13(2,3)10-8-9(6-7-11(10)14)12(16)15(4)5/h6-8H,14H2,1-5H3. The van der Waals surface area contributed by atoms with E-state index in [0.717, 1.165) is 11.3 Å². The number of hydrogen-bond acceptors (Lipinski definition) is 2. The van der Waals surface area contributed by atoms with Crippen LogP contribution in [0.3, 0.4) is 0 Å². The number of hydrogen-bond donors (Lipinski definition) is 1. The van der Waals surface area contributed by atoms with Crippen LogP contribution in [0, 0.1) is 0 Å². The van der Waals surface area contributed by atoms with Gasteiger partial charge in [0.15, 0.2) is 0 Å². The zero-order valence-corrected chi connectivity index (χ0v) is 10.7. The largest absolute Gasteiger partial charge is 0.398 e. The van der Waals surface area contributed by atoms with Crippen molar-refractivity contribution in [1.29, 1.82) is 0 Å². The molecule has 0 heterocycles. The van der Waals surface area contributed by atoms with Crippen molar-refractivity contribution in [3.63, 3.8) is 0 Å². The maximum absolute atomic E-state index is 11.8. The lowest BCUT2D eigenvalue weighted by atomic mass is 9.85. The monoisotopic (exact) mass is 220 g/mol. The Morgan fingerprint density at radius 2 is 1.81 bits per heavy atom. The summed E-state index contributed by atoms with van der Waals surface area (Å²) in [5, 5.41) is 0. The molecule has 0 radical (unpaired) electrons. The zero-order chi connectivity index (χ0) is 12.5. The highest BCUT2D eigenvalue weighted by molar-refractivity contribution is 5.94. The summed E-state index contributed by atoms with van der Waals surface area (Å²) in [6, 6.07) is 5.46.